The number of carbonyl (C=O) groups is 3. The highest BCUT2D eigenvalue weighted by atomic mass is 32.2. The number of nitrogens with zero attached hydrogens (tertiary/aromatic N) is 1. The number of ether oxygens (including phenoxy) is 1. The fraction of sp³-hybridized carbons (Fsp3) is 0.700. The third-order valence-corrected chi connectivity index (χ3v) is 3.42. The van der Waals surface area contributed by atoms with Gasteiger partial charge in [0.05, 0.1) is 19.0 Å². The van der Waals surface area contributed by atoms with Crippen LogP contribution >= 0.6 is 11.8 Å². The van der Waals surface area contributed by atoms with Gasteiger partial charge in [0, 0.05) is 18.7 Å². The quantitative estimate of drug-likeness (QED) is 0.596. The van der Waals surface area contributed by atoms with Gasteiger partial charge in [0.1, 0.15) is 0 Å². The van der Waals surface area contributed by atoms with E-state index in [4.69, 9.17) is 15.6 Å². The first-order valence-corrected chi connectivity index (χ1v) is 6.64. The minimum absolute atomic E-state index is 0.0233. The van der Waals surface area contributed by atoms with E-state index in [0.29, 0.717) is 12.4 Å². The van der Waals surface area contributed by atoms with Gasteiger partial charge in [0.2, 0.25) is 11.8 Å². The average Bonchev–Trinajstić information content (AvgIpc) is 2.34. The lowest BCUT2D eigenvalue weighted by Crippen LogP contribution is -2.52. The van der Waals surface area contributed by atoms with E-state index in [9.17, 15) is 14.4 Å². The van der Waals surface area contributed by atoms with Crippen molar-refractivity contribution < 1.29 is 24.2 Å². The first-order valence-electron chi connectivity index (χ1n) is 5.48. The minimum atomic E-state index is -1.06. The third kappa shape index (κ3) is 4.53. The molecule has 0 saturated carbocycles. The first kappa shape index (κ1) is 14.8. The molecule has 7 nitrogen and oxygen atoms in total. The molecule has 0 radical (unpaired) electrons. The zero-order chi connectivity index (χ0) is 13.5. The molecule has 0 bridgehead atoms. The molecule has 1 atom stereocenters. The van der Waals surface area contributed by atoms with Gasteiger partial charge in [0.15, 0.2) is 6.04 Å². The van der Waals surface area contributed by atoms with Crippen LogP contribution < -0.4 is 5.73 Å². The summed E-state index contributed by atoms with van der Waals surface area (Å²) in [5, 5.41) is 8.96. The van der Waals surface area contributed by atoms with Crippen molar-refractivity contribution in [3.63, 3.8) is 0 Å². The Kier molecular flexibility index (Phi) is 5.93. The predicted molar refractivity (Wildman–Crippen MR) is 65.1 cm³/mol. The van der Waals surface area contributed by atoms with Gasteiger partial charge in [-0.15, -0.1) is 0 Å². The highest BCUT2D eigenvalue weighted by Crippen LogP contribution is 2.11. The van der Waals surface area contributed by atoms with Crippen LogP contribution in [-0.4, -0.2) is 65.1 Å². The molecular formula is C10H16N2O5S. The lowest BCUT2D eigenvalue weighted by atomic mass is 10.2. The van der Waals surface area contributed by atoms with E-state index in [-0.39, 0.29) is 31.2 Å². The van der Waals surface area contributed by atoms with Crippen molar-refractivity contribution in [1.82, 2.24) is 4.90 Å². The van der Waals surface area contributed by atoms with E-state index in [1.165, 1.54) is 16.7 Å². The van der Waals surface area contributed by atoms with Crippen molar-refractivity contribution in [3.8, 4) is 0 Å². The summed E-state index contributed by atoms with van der Waals surface area (Å²) in [5.41, 5.74) is 4.96. The van der Waals surface area contributed by atoms with Crippen LogP contribution in [-0.2, 0) is 19.1 Å². The van der Waals surface area contributed by atoms with Gasteiger partial charge < -0.3 is 20.5 Å². The Hall–Kier alpha value is -1.28. The number of carbonyl (C=O) groups excluding carboxylic acids is 2. The molecule has 0 aliphatic carbocycles. The largest absolute Gasteiger partial charge is 0.480 e. The Labute approximate surface area is 109 Å². The lowest BCUT2D eigenvalue weighted by molar-refractivity contribution is -0.158. The topological polar surface area (TPSA) is 110 Å². The van der Waals surface area contributed by atoms with Gasteiger partial charge in [-0.3, -0.25) is 9.59 Å². The first-order chi connectivity index (χ1) is 8.52. The Morgan fingerprint density at radius 1 is 1.44 bits per heavy atom. The number of aliphatic carboxylic acids is 1. The molecule has 1 unspecified atom stereocenters. The third-order valence-electron chi connectivity index (χ3n) is 2.44. The standard InChI is InChI=1S/C10H16N2O5S/c11-8(13)6-18-4-1-9(14)12-2-3-17-5-7(12)10(15)16/h7H,1-6H2,(H2,11,13)(H,15,16). The molecule has 1 saturated heterocycles. The Balaban J connectivity index is 2.38. The molecule has 0 aromatic carbocycles. The number of morpholine rings is 1. The van der Waals surface area contributed by atoms with Crippen molar-refractivity contribution in [3.05, 3.63) is 0 Å². The summed E-state index contributed by atoms with van der Waals surface area (Å²) in [7, 11) is 0. The van der Waals surface area contributed by atoms with E-state index >= 15 is 0 Å². The second kappa shape index (κ2) is 7.22. The van der Waals surface area contributed by atoms with E-state index in [1.807, 2.05) is 0 Å². The monoisotopic (exact) mass is 276 g/mol. The van der Waals surface area contributed by atoms with E-state index < -0.39 is 17.9 Å². The molecule has 3 N–H and O–H groups in total. The Bertz CT molecular complexity index is 336. The van der Waals surface area contributed by atoms with Gasteiger partial charge in [-0.05, 0) is 0 Å². The van der Waals surface area contributed by atoms with Crippen LogP contribution in [0.1, 0.15) is 6.42 Å². The Morgan fingerprint density at radius 2 is 2.17 bits per heavy atom. The van der Waals surface area contributed by atoms with Gasteiger partial charge in [0.25, 0.3) is 0 Å². The summed E-state index contributed by atoms with van der Waals surface area (Å²) in [5.74, 6) is -1.11. The number of hydrogen-bond donors (Lipinski definition) is 2. The van der Waals surface area contributed by atoms with Gasteiger partial charge in [-0.2, -0.15) is 11.8 Å². The number of rotatable bonds is 6. The Morgan fingerprint density at radius 3 is 2.78 bits per heavy atom. The van der Waals surface area contributed by atoms with E-state index in [0.717, 1.165) is 0 Å². The molecular weight excluding hydrogens is 260 g/mol. The molecule has 1 fully saturated rings. The zero-order valence-corrected chi connectivity index (χ0v) is 10.6. The summed E-state index contributed by atoms with van der Waals surface area (Å²) in [4.78, 5) is 34.6. The molecule has 2 amide bonds. The van der Waals surface area contributed by atoms with Crippen LogP contribution in [0.2, 0.25) is 0 Å². The SMILES string of the molecule is NC(=O)CSCCC(=O)N1CCOCC1C(=O)O. The van der Waals surface area contributed by atoms with Gasteiger partial charge in [-0.1, -0.05) is 0 Å². The molecule has 8 heteroatoms. The molecule has 18 heavy (non-hydrogen) atoms. The summed E-state index contributed by atoms with van der Waals surface area (Å²) in [6, 6.07) is -0.910. The van der Waals surface area contributed by atoms with Crippen LogP contribution in [0.3, 0.4) is 0 Å². The smallest absolute Gasteiger partial charge is 0.328 e. The van der Waals surface area contributed by atoms with Crippen molar-refractivity contribution in [1.29, 1.82) is 0 Å². The number of nitrogens with two attached hydrogens (primary N) is 1. The maximum atomic E-state index is 11.8. The van der Waals surface area contributed by atoms with Crippen molar-refractivity contribution in [2.24, 2.45) is 5.73 Å². The number of carboxylic acid groups (broad SMARTS) is 1. The molecule has 1 heterocycles. The number of thioether (sulfide) groups is 1. The average molecular weight is 276 g/mol. The highest BCUT2D eigenvalue weighted by molar-refractivity contribution is 7.99. The maximum absolute atomic E-state index is 11.8. The molecule has 0 aromatic heterocycles. The van der Waals surface area contributed by atoms with Crippen LogP contribution in [0.25, 0.3) is 0 Å². The number of hydrogen-bond acceptors (Lipinski definition) is 5. The fourth-order valence-corrected chi connectivity index (χ4v) is 2.25. The molecule has 0 aromatic rings. The summed E-state index contributed by atoms with van der Waals surface area (Å²) >= 11 is 1.26. The van der Waals surface area contributed by atoms with Crippen molar-refractivity contribution in [2.75, 3.05) is 31.3 Å². The predicted octanol–water partition coefficient (Wildman–Crippen LogP) is -1.09. The minimum Gasteiger partial charge on any atom is -0.480 e. The van der Waals surface area contributed by atoms with Crippen LogP contribution in [0, 0.1) is 0 Å². The zero-order valence-electron chi connectivity index (χ0n) is 9.83. The van der Waals surface area contributed by atoms with Gasteiger partial charge in [-0.25, -0.2) is 4.79 Å². The molecule has 0 spiro atoms. The molecule has 1 aliphatic rings. The molecule has 1 aliphatic heterocycles. The number of primary amides is 1. The second-order valence-corrected chi connectivity index (χ2v) is 4.89. The van der Waals surface area contributed by atoms with E-state index in [1.54, 1.807) is 0 Å². The normalized spacial score (nSPS) is 19.6. The van der Waals surface area contributed by atoms with Crippen molar-refractivity contribution >= 4 is 29.5 Å². The summed E-state index contributed by atoms with van der Waals surface area (Å²) in [6.45, 7) is 0.662. The molecule has 102 valence electrons. The maximum Gasteiger partial charge on any atom is 0.328 e. The van der Waals surface area contributed by atoms with Gasteiger partial charge >= 0.3 is 5.97 Å². The summed E-state index contributed by atoms with van der Waals surface area (Å²) in [6.07, 6.45) is 0.196. The van der Waals surface area contributed by atoms with Crippen LogP contribution in [0.4, 0.5) is 0 Å². The van der Waals surface area contributed by atoms with Crippen LogP contribution in [0.15, 0.2) is 0 Å². The highest BCUT2D eigenvalue weighted by Gasteiger charge is 2.32. The number of amides is 2. The van der Waals surface area contributed by atoms with E-state index in [2.05, 4.69) is 0 Å². The molecule has 1 rings (SSSR count). The second-order valence-electron chi connectivity index (χ2n) is 3.78. The lowest BCUT2D eigenvalue weighted by Gasteiger charge is -2.32. The van der Waals surface area contributed by atoms with Crippen molar-refractivity contribution in [2.45, 2.75) is 12.5 Å². The summed E-state index contributed by atoms with van der Waals surface area (Å²) < 4.78 is 5.04. The van der Waals surface area contributed by atoms with Crippen LogP contribution in [0.5, 0.6) is 0 Å². The fourth-order valence-electron chi connectivity index (χ4n) is 1.58. The number of carboxylic acids is 1.